The number of hydrogen-bond donors (Lipinski definition) is 2. The van der Waals surface area contributed by atoms with E-state index < -0.39 is 0 Å². The minimum atomic E-state index is 0. The fourth-order valence-corrected chi connectivity index (χ4v) is 3.53. The number of guanidine groups is 1. The Kier molecular flexibility index (Phi) is 7.91. The van der Waals surface area contributed by atoms with Gasteiger partial charge in [0.15, 0.2) is 5.96 Å². The molecule has 0 aliphatic rings. The maximum Gasteiger partial charge on any atom is 0.193 e. The Bertz CT molecular complexity index is 924. The number of halogens is 1. The molecule has 0 amide bonds. The number of aliphatic imine (C=N–C) groups is 1. The number of benzene rings is 1. The van der Waals surface area contributed by atoms with E-state index in [9.17, 15) is 0 Å². The van der Waals surface area contributed by atoms with Crippen LogP contribution in [0.1, 0.15) is 36.6 Å². The third-order valence-corrected chi connectivity index (χ3v) is 4.82. The molecule has 28 heavy (non-hydrogen) atoms. The van der Waals surface area contributed by atoms with Crippen LogP contribution in [0.3, 0.4) is 0 Å². The molecule has 3 aromatic rings. The molecule has 0 aliphatic carbocycles. The highest BCUT2D eigenvalue weighted by Gasteiger charge is 2.15. The average molecular weight is 494 g/mol. The molecule has 0 fully saturated rings. The highest BCUT2D eigenvalue weighted by Crippen LogP contribution is 2.19. The number of para-hydroxylation sites is 1. The minimum absolute atomic E-state index is 0. The number of rotatable bonds is 6. The minimum Gasteiger partial charge on any atom is -0.361 e. The number of hydrogen-bond acceptors (Lipinski definition) is 2. The summed E-state index contributed by atoms with van der Waals surface area (Å²) in [6.45, 7) is 5.98. The topological polar surface area (TPSA) is 61.2 Å². The van der Waals surface area contributed by atoms with Gasteiger partial charge in [-0.05, 0) is 24.0 Å². The quantitative estimate of drug-likeness (QED) is 0.311. The molecule has 1 aromatic carbocycles. The summed E-state index contributed by atoms with van der Waals surface area (Å²) in [5.74, 6) is 1.31. The van der Waals surface area contributed by atoms with Crippen LogP contribution < -0.4 is 5.32 Å². The predicted octanol–water partition coefficient (Wildman–Crippen LogP) is 3.89. The number of nitrogens with zero attached hydrogens (tertiary/aromatic N) is 4. The second-order valence-corrected chi connectivity index (χ2v) is 7.31. The monoisotopic (exact) mass is 494 g/mol. The van der Waals surface area contributed by atoms with Crippen molar-refractivity contribution in [1.82, 2.24) is 25.0 Å². The summed E-state index contributed by atoms with van der Waals surface area (Å²) in [6, 6.07) is 8.42. The van der Waals surface area contributed by atoms with Crippen LogP contribution in [0.25, 0.3) is 10.9 Å². The van der Waals surface area contributed by atoms with Crippen molar-refractivity contribution in [2.75, 3.05) is 20.6 Å². The van der Waals surface area contributed by atoms with Gasteiger partial charge in [-0.3, -0.25) is 9.67 Å². The van der Waals surface area contributed by atoms with Gasteiger partial charge in [0.1, 0.15) is 0 Å². The SMILES string of the molecule is CN=C(NCCc1c[nH]c2ccccc12)N(C)Cc1cn(C)nc1C(C)C.I. The molecule has 0 bridgehead atoms. The third kappa shape index (κ3) is 5.06. The van der Waals surface area contributed by atoms with Crippen LogP contribution in [0.15, 0.2) is 41.7 Å². The van der Waals surface area contributed by atoms with E-state index in [4.69, 9.17) is 0 Å². The summed E-state index contributed by atoms with van der Waals surface area (Å²) in [5.41, 5.74) is 4.91. The summed E-state index contributed by atoms with van der Waals surface area (Å²) >= 11 is 0. The molecule has 2 aromatic heterocycles. The summed E-state index contributed by atoms with van der Waals surface area (Å²) in [5, 5.41) is 9.37. The highest BCUT2D eigenvalue weighted by molar-refractivity contribution is 14.0. The van der Waals surface area contributed by atoms with Crippen LogP contribution in [-0.2, 0) is 20.0 Å². The van der Waals surface area contributed by atoms with Gasteiger partial charge in [-0.15, -0.1) is 24.0 Å². The number of aromatic amines is 1. The fraction of sp³-hybridized carbons (Fsp3) is 0.429. The zero-order chi connectivity index (χ0) is 19.4. The van der Waals surface area contributed by atoms with Crippen LogP contribution in [0.5, 0.6) is 0 Å². The fourth-order valence-electron chi connectivity index (χ4n) is 3.53. The molecule has 7 heteroatoms. The maximum absolute atomic E-state index is 4.60. The van der Waals surface area contributed by atoms with E-state index in [0.29, 0.717) is 5.92 Å². The molecule has 2 N–H and O–H groups in total. The summed E-state index contributed by atoms with van der Waals surface area (Å²) in [7, 11) is 5.87. The molecule has 3 rings (SSSR count). The van der Waals surface area contributed by atoms with E-state index in [1.807, 2.05) is 18.8 Å². The van der Waals surface area contributed by atoms with Crippen molar-refractivity contribution in [2.24, 2.45) is 12.0 Å². The number of aryl methyl sites for hydroxylation is 1. The lowest BCUT2D eigenvalue weighted by Gasteiger charge is -2.22. The number of fused-ring (bicyclic) bond motifs is 1. The molecular formula is C21H31IN6. The molecular weight excluding hydrogens is 463 g/mol. The van der Waals surface area contributed by atoms with Crippen molar-refractivity contribution in [3.05, 3.63) is 53.5 Å². The van der Waals surface area contributed by atoms with Crippen molar-refractivity contribution >= 4 is 40.8 Å². The van der Waals surface area contributed by atoms with E-state index in [-0.39, 0.29) is 24.0 Å². The van der Waals surface area contributed by atoms with Gasteiger partial charge < -0.3 is 15.2 Å². The molecule has 2 heterocycles. The van der Waals surface area contributed by atoms with Crippen LogP contribution in [0, 0.1) is 0 Å². The first-order valence-electron chi connectivity index (χ1n) is 9.48. The lowest BCUT2D eigenvalue weighted by Crippen LogP contribution is -2.39. The van der Waals surface area contributed by atoms with Crippen LogP contribution in [0.4, 0.5) is 0 Å². The molecule has 152 valence electrons. The Morgan fingerprint density at radius 3 is 2.75 bits per heavy atom. The second kappa shape index (κ2) is 9.95. The first kappa shape index (κ1) is 22.3. The first-order valence-corrected chi connectivity index (χ1v) is 9.48. The Morgan fingerprint density at radius 2 is 2.04 bits per heavy atom. The summed E-state index contributed by atoms with van der Waals surface area (Å²) < 4.78 is 1.89. The summed E-state index contributed by atoms with van der Waals surface area (Å²) in [4.78, 5) is 9.93. The number of aromatic nitrogens is 3. The largest absolute Gasteiger partial charge is 0.361 e. The van der Waals surface area contributed by atoms with Crippen molar-refractivity contribution in [2.45, 2.75) is 32.7 Å². The van der Waals surface area contributed by atoms with Crippen molar-refractivity contribution in [1.29, 1.82) is 0 Å². The van der Waals surface area contributed by atoms with E-state index in [2.05, 4.69) is 82.8 Å². The van der Waals surface area contributed by atoms with Crippen molar-refractivity contribution in [3.8, 4) is 0 Å². The molecule has 0 aliphatic heterocycles. The van der Waals surface area contributed by atoms with E-state index in [1.165, 1.54) is 22.0 Å². The van der Waals surface area contributed by atoms with Crippen molar-refractivity contribution < 1.29 is 0 Å². The van der Waals surface area contributed by atoms with Gasteiger partial charge in [-0.1, -0.05) is 32.0 Å². The van der Waals surface area contributed by atoms with Gasteiger partial charge in [-0.25, -0.2) is 0 Å². The molecule has 0 unspecified atom stereocenters. The Hall–Kier alpha value is -2.03. The molecule has 0 spiro atoms. The average Bonchev–Trinajstić information content (AvgIpc) is 3.22. The predicted molar refractivity (Wildman–Crippen MR) is 128 cm³/mol. The summed E-state index contributed by atoms with van der Waals surface area (Å²) in [6.07, 6.45) is 5.15. The zero-order valence-electron chi connectivity index (χ0n) is 17.4. The lowest BCUT2D eigenvalue weighted by atomic mass is 10.1. The van der Waals surface area contributed by atoms with Gasteiger partial charge in [0.2, 0.25) is 0 Å². The zero-order valence-corrected chi connectivity index (χ0v) is 19.7. The molecule has 0 saturated carbocycles. The van der Waals surface area contributed by atoms with E-state index >= 15 is 0 Å². The van der Waals surface area contributed by atoms with E-state index in [0.717, 1.165) is 31.2 Å². The third-order valence-electron chi connectivity index (χ3n) is 4.82. The van der Waals surface area contributed by atoms with E-state index in [1.54, 1.807) is 0 Å². The molecule has 0 atom stereocenters. The van der Waals surface area contributed by atoms with Crippen LogP contribution >= 0.6 is 24.0 Å². The maximum atomic E-state index is 4.60. The molecule has 0 saturated heterocycles. The van der Waals surface area contributed by atoms with Gasteiger partial charge >= 0.3 is 0 Å². The lowest BCUT2D eigenvalue weighted by molar-refractivity contribution is 0.474. The van der Waals surface area contributed by atoms with Gasteiger partial charge in [0, 0.05) is 63.1 Å². The smallest absolute Gasteiger partial charge is 0.193 e. The van der Waals surface area contributed by atoms with Gasteiger partial charge in [0.05, 0.1) is 5.69 Å². The van der Waals surface area contributed by atoms with Crippen LogP contribution in [-0.4, -0.2) is 46.3 Å². The van der Waals surface area contributed by atoms with Gasteiger partial charge in [-0.2, -0.15) is 5.10 Å². The Labute approximate surface area is 184 Å². The first-order chi connectivity index (χ1) is 13.0. The highest BCUT2D eigenvalue weighted by atomic mass is 127. The standard InChI is InChI=1S/C21H30N6.HI/c1-15(2)20-17(14-27(5)25-20)13-26(4)21(22-3)23-11-10-16-12-24-19-9-7-6-8-18(16)19;/h6-9,12,14-15,24H,10-11,13H2,1-5H3,(H,22,23);1H. The van der Waals surface area contributed by atoms with Crippen LogP contribution in [0.2, 0.25) is 0 Å². The normalized spacial score (nSPS) is 11.7. The Balaban J connectivity index is 0.00000280. The van der Waals surface area contributed by atoms with Crippen molar-refractivity contribution in [3.63, 3.8) is 0 Å². The Morgan fingerprint density at radius 1 is 1.29 bits per heavy atom. The van der Waals surface area contributed by atoms with Gasteiger partial charge in [0.25, 0.3) is 0 Å². The molecule has 0 radical (unpaired) electrons. The molecule has 6 nitrogen and oxygen atoms in total. The second-order valence-electron chi connectivity index (χ2n) is 7.31. The number of nitrogens with one attached hydrogen (secondary N) is 2. The number of H-pyrrole nitrogens is 1.